The van der Waals surface area contributed by atoms with Gasteiger partial charge in [0.05, 0.1) is 0 Å². The van der Waals surface area contributed by atoms with Gasteiger partial charge in [-0.1, -0.05) is 18.2 Å². The van der Waals surface area contributed by atoms with E-state index in [1.165, 1.54) is 6.07 Å². The van der Waals surface area contributed by atoms with Gasteiger partial charge < -0.3 is 9.80 Å². The minimum atomic E-state index is -0.252. The van der Waals surface area contributed by atoms with Crippen LogP contribution >= 0.6 is 0 Å². The molecule has 5 heteroatoms. The second-order valence-corrected chi connectivity index (χ2v) is 6.43. The summed E-state index contributed by atoms with van der Waals surface area (Å²) in [5.74, 6) is 0.287. The van der Waals surface area contributed by atoms with Crippen molar-refractivity contribution in [2.75, 3.05) is 26.2 Å². The average molecular weight is 318 g/mol. The summed E-state index contributed by atoms with van der Waals surface area (Å²) in [6.45, 7) is 2.65. The molecule has 2 fully saturated rings. The number of hydrogen-bond donors (Lipinski definition) is 0. The van der Waals surface area contributed by atoms with Crippen LogP contribution in [0.15, 0.2) is 24.3 Å². The lowest BCUT2D eigenvalue weighted by molar-refractivity contribution is -0.134. The van der Waals surface area contributed by atoms with E-state index in [9.17, 15) is 14.0 Å². The molecule has 0 unspecified atom stereocenters. The van der Waals surface area contributed by atoms with Crippen LogP contribution in [0.1, 0.15) is 31.2 Å². The third-order valence-electron chi connectivity index (χ3n) is 4.65. The zero-order valence-corrected chi connectivity index (χ0v) is 13.3. The molecule has 0 bridgehead atoms. The molecule has 2 aliphatic rings. The number of halogens is 1. The van der Waals surface area contributed by atoms with Crippen molar-refractivity contribution >= 4 is 11.8 Å². The Kier molecular flexibility index (Phi) is 4.94. The second-order valence-electron chi connectivity index (χ2n) is 6.43. The molecule has 0 aromatic heterocycles. The van der Waals surface area contributed by atoms with E-state index in [1.807, 2.05) is 9.80 Å². The van der Waals surface area contributed by atoms with E-state index in [-0.39, 0.29) is 23.5 Å². The van der Waals surface area contributed by atoms with Crippen molar-refractivity contribution in [1.82, 2.24) is 9.80 Å². The Morgan fingerprint density at radius 1 is 1.04 bits per heavy atom. The zero-order chi connectivity index (χ0) is 16.2. The van der Waals surface area contributed by atoms with Gasteiger partial charge in [0, 0.05) is 38.5 Å². The van der Waals surface area contributed by atoms with Crippen molar-refractivity contribution in [2.24, 2.45) is 5.92 Å². The van der Waals surface area contributed by atoms with E-state index in [1.54, 1.807) is 18.2 Å². The molecule has 2 amide bonds. The van der Waals surface area contributed by atoms with E-state index < -0.39 is 0 Å². The molecular weight excluding hydrogens is 295 g/mol. The fourth-order valence-electron chi connectivity index (χ4n) is 3.08. The predicted molar refractivity (Wildman–Crippen MR) is 85.2 cm³/mol. The van der Waals surface area contributed by atoms with E-state index in [0.717, 1.165) is 25.8 Å². The highest BCUT2D eigenvalue weighted by molar-refractivity contribution is 5.81. The number of aryl methyl sites for hydroxylation is 1. The summed E-state index contributed by atoms with van der Waals surface area (Å²) in [5, 5.41) is 0. The summed E-state index contributed by atoms with van der Waals surface area (Å²) in [6, 6.07) is 6.59. The smallest absolute Gasteiger partial charge is 0.225 e. The maximum absolute atomic E-state index is 13.6. The lowest BCUT2D eigenvalue weighted by Crippen LogP contribution is -2.38. The molecule has 1 saturated carbocycles. The summed E-state index contributed by atoms with van der Waals surface area (Å²) in [6.07, 6.45) is 3.59. The zero-order valence-electron chi connectivity index (χ0n) is 13.3. The first-order valence-corrected chi connectivity index (χ1v) is 8.45. The number of carbonyl (C=O) groups excluding carboxylic acids is 2. The third-order valence-corrected chi connectivity index (χ3v) is 4.65. The third kappa shape index (κ3) is 4.09. The van der Waals surface area contributed by atoms with Crippen LogP contribution in [0.2, 0.25) is 0 Å². The minimum Gasteiger partial charge on any atom is -0.341 e. The number of benzene rings is 1. The van der Waals surface area contributed by atoms with Gasteiger partial charge in [0.1, 0.15) is 5.82 Å². The minimum absolute atomic E-state index is 0.0500. The van der Waals surface area contributed by atoms with Crippen LogP contribution in [0, 0.1) is 11.7 Å². The highest BCUT2D eigenvalue weighted by Crippen LogP contribution is 2.31. The summed E-state index contributed by atoms with van der Waals surface area (Å²) in [4.78, 5) is 28.2. The molecule has 1 heterocycles. The molecule has 1 aromatic rings. The fraction of sp³-hybridized carbons (Fsp3) is 0.556. The molecule has 23 heavy (non-hydrogen) atoms. The van der Waals surface area contributed by atoms with Crippen molar-refractivity contribution < 1.29 is 14.0 Å². The summed E-state index contributed by atoms with van der Waals surface area (Å²) >= 11 is 0. The van der Waals surface area contributed by atoms with Gasteiger partial charge in [-0.05, 0) is 37.3 Å². The number of hydrogen-bond acceptors (Lipinski definition) is 2. The highest BCUT2D eigenvalue weighted by Gasteiger charge is 2.34. The number of nitrogens with zero attached hydrogens (tertiary/aromatic N) is 2. The van der Waals surface area contributed by atoms with Crippen molar-refractivity contribution in [3.8, 4) is 0 Å². The van der Waals surface area contributed by atoms with Gasteiger partial charge in [0.15, 0.2) is 0 Å². The number of rotatable bonds is 4. The molecule has 1 aliphatic heterocycles. The van der Waals surface area contributed by atoms with Crippen LogP contribution in [0.25, 0.3) is 0 Å². The molecule has 1 aliphatic carbocycles. The standard InChI is InChI=1S/C18H23FN2O2/c19-16-5-2-1-4-14(16)8-9-17(22)20-10-3-11-21(13-12-20)18(23)15-6-7-15/h1-2,4-5,15H,3,6-13H2. The first kappa shape index (κ1) is 16.0. The topological polar surface area (TPSA) is 40.6 Å². The summed E-state index contributed by atoms with van der Waals surface area (Å²) < 4.78 is 13.6. The van der Waals surface area contributed by atoms with Crippen LogP contribution in [0.4, 0.5) is 4.39 Å². The van der Waals surface area contributed by atoms with E-state index in [0.29, 0.717) is 38.0 Å². The van der Waals surface area contributed by atoms with Crippen LogP contribution in [-0.4, -0.2) is 47.8 Å². The Bertz CT molecular complexity index is 586. The largest absolute Gasteiger partial charge is 0.341 e. The van der Waals surface area contributed by atoms with Gasteiger partial charge >= 0.3 is 0 Å². The van der Waals surface area contributed by atoms with Crippen molar-refractivity contribution in [1.29, 1.82) is 0 Å². The Balaban J connectivity index is 1.49. The van der Waals surface area contributed by atoms with Crippen molar-refractivity contribution in [2.45, 2.75) is 32.1 Å². The molecule has 4 nitrogen and oxygen atoms in total. The molecule has 0 spiro atoms. The van der Waals surface area contributed by atoms with Crippen LogP contribution < -0.4 is 0 Å². The molecule has 1 saturated heterocycles. The Hall–Kier alpha value is -1.91. The molecule has 3 rings (SSSR count). The summed E-state index contributed by atoms with van der Waals surface area (Å²) in [7, 11) is 0. The molecule has 1 aromatic carbocycles. The van der Waals surface area contributed by atoms with Crippen LogP contribution in [0.3, 0.4) is 0 Å². The monoisotopic (exact) mass is 318 g/mol. The molecular formula is C18H23FN2O2. The Morgan fingerprint density at radius 3 is 2.48 bits per heavy atom. The average Bonchev–Trinajstić information content (AvgIpc) is 3.39. The second kappa shape index (κ2) is 7.11. The Labute approximate surface area is 136 Å². The fourth-order valence-corrected chi connectivity index (χ4v) is 3.08. The highest BCUT2D eigenvalue weighted by atomic mass is 19.1. The summed E-state index contributed by atoms with van der Waals surface area (Å²) in [5.41, 5.74) is 0.584. The van der Waals surface area contributed by atoms with Gasteiger partial charge in [-0.25, -0.2) is 4.39 Å². The van der Waals surface area contributed by atoms with Gasteiger partial charge in [0.25, 0.3) is 0 Å². The first-order chi connectivity index (χ1) is 11.1. The van der Waals surface area contributed by atoms with Gasteiger partial charge in [-0.15, -0.1) is 0 Å². The van der Waals surface area contributed by atoms with E-state index in [4.69, 9.17) is 0 Å². The first-order valence-electron chi connectivity index (χ1n) is 8.45. The van der Waals surface area contributed by atoms with Gasteiger partial charge in [-0.2, -0.15) is 0 Å². The predicted octanol–water partition coefficient (Wildman–Crippen LogP) is 2.23. The lowest BCUT2D eigenvalue weighted by atomic mass is 10.1. The molecule has 0 atom stereocenters. The molecule has 0 radical (unpaired) electrons. The normalized spacial score (nSPS) is 18.7. The van der Waals surface area contributed by atoms with E-state index in [2.05, 4.69) is 0 Å². The number of carbonyl (C=O) groups is 2. The van der Waals surface area contributed by atoms with Crippen molar-refractivity contribution in [3.63, 3.8) is 0 Å². The Morgan fingerprint density at radius 2 is 1.74 bits per heavy atom. The van der Waals surface area contributed by atoms with Crippen molar-refractivity contribution in [3.05, 3.63) is 35.6 Å². The van der Waals surface area contributed by atoms with Gasteiger partial charge in [0.2, 0.25) is 11.8 Å². The SMILES string of the molecule is O=C(CCc1ccccc1F)N1CCCN(C(=O)C2CC2)CC1. The van der Waals surface area contributed by atoms with Crippen LogP contribution in [-0.2, 0) is 16.0 Å². The quantitative estimate of drug-likeness (QED) is 0.854. The van der Waals surface area contributed by atoms with Crippen LogP contribution in [0.5, 0.6) is 0 Å². The number of amides is 2. The van der Waals surface area contributed by atoms with E-state index >= 15 is 0 Å². The molecule has 0 N–H and O–H groups in total. The maximum atomic E-state index is 13.6. The molecule has 124 valence electrons. The maximum Gasteiger partial charge on any atom is 0.225 e. The lowest BCUT2D eigenvalue weighted by Gasteiger charge is -2.22. The van der Waals surface area contributed by atoms with Gasteiger partial charge in [-0.3, -0.25) is 9.59 Å².